The van der Waals surface area contributed by atoms with Crippen LogP contribution in [0, 0.1) is 17.7 Å². The molecule has 6 nitrogen and oxygen atoms in total. The minimum atomic E-state index is -1.23. The van der Waals surface area contributed by atoms with Gasteiger partial charge < -0.3 is 10.1 Å². The summed E-state index contributed by atoms with van der Waals surface area (Å²) >= 11 is 1.55. The molecule has 2 heterocycles. The molecule has 8 heteroatoms. The Balaban J connectivity index is 2.14. The Labute approximate surface area is 161 Å². The summed E-state index contributed by atoms with van der Waals surface area (Å²) in [7, 11) is 1.42. The fraction of sp³-hybridized carbons (Fsp3) is 0.526. The van der Waals surface area contributed by atoms with E-state index in [1.807, 2.05) is 6.26 Å². The second-order valence-electron chi connectivity index (χ2n) is 6.96. The lowest BCUT2D eigenvalue weighted by molar-refractivity contribution is -0.734. The number of nitrogens with zero attached hydrogens (tertiary/aromatic N) is 1. The van der Waals surface area contributed by atoms with E-state index in [-0.39, 0.29) is 12.5 Å². The number of quaternary nitrogens is 1. The van der Waals surface area contributed by atoms with Crippen LogP contribution in [0.4, 0.5) is 4.39 Å². The predicted octanol–water partition coefficient (Wildman–Crippen LogP) is 0.730. The van der Waals surface area contributed by atoms with E-state index in [2.05, 4.69) is 0 Å². The van der Waals surface area contributed by atoms with Crippen LogP contribution in [0.15, 0.2) is 24.3 Å². The Morgan fingerprint density at radius 2 is 2.04 bits per heavy atom. The lowest BCUT2D eigenvalue weighted by Gasteiger charge is -2.29. The van der Waals surface area contributed by atoms with Crippen LogP contribution in [0.1, 0.15) is 24.9 Å². The number of hydrogen-bond acceptors (Lipinski definition) is 5. The topological polar surface area (TPSA) is 80.3 Å². The molecule has 0 radical (unpaired) electrons. The van der Waals surface area contributed by atoms with Crippen LogP contribution >= 0.6 is 11.8 Å². The van der Waals surface area contributed by atoms with Crippen molar-refractivity contribution >= 4 is 29.5 Å². The second-order valence-corrected chi connectivity index (χ2v) is 7.94. The molecule has 0 spiro atoms. The molecule has 0 saturated carbocycles. The van der Waals surface area contributed by atoms with Crippen LogP contribution in [0.5, 0.6) is 0 Å². The van der Waals surface area contributed by atoms with Crippen LogP contribution in [0.2, 0.25) is 0 Å². The molecule has 0 bridgehead atoms. The second kappa shape index (κ2) is 7.59. The van der Waals surface area contributed by atoms with Crippen molar-refractivity contribution in [1.29, 1.82) is 0 Å². The Morgan fingerprint density at radius 1 is 1.33 bits per heavy atom. The molecule has 3 rings (SSSR count). The number of halogens is 1. The molecule has 1 aromatic rings. The first kappa shape index (κ1) is 19.8. The van der Waals surface area contributed by atoms with E-state index in [0.29, 0.717) is 17.7 Å². The minimum absolute atomic E-state index is 0.174. The van der Waals surface area contributed by atoms with Gasteiger partial charge in [0.2, 0.25) is 17.4 Å². The summed E-state index contributed by atoms with van der Waals surface area (Å²) in [6.07, 6.45) is 2.28. The first-order valence-electron chi connectivity index (χ1n) is 8.97. The molecule has 146 valence electrons. The van der Waals surface area contributed by atoms with Gasteiger partial charge >= 0.3 is 5.97 Å². The summed E-state index contributed by atoms with van der Waals surface area (Å²) in [6, 6.07) is 5.56. The number of carbonyl (C=O) groups is 3. The first-order chi connectivity index (χ1) is 12.9. The highest BCUT2D eigenvalue weighted by Gasteiger charge is 2.72. The van der Waals surface area contributed by atoms with Gasteiger partial charge in [-0.2, -0.15) is 11.8 Å². The normalized spacial score (nSPS) is 29.9. The van der Waals surface area contributed by atoms with Crippen molar-refractivity contribution in [3.05, 3.63) is 35.6 Å². The highest BCUT2D eigenvalue weighted by Crippen LogP contribution is 2.46. The summed E-state index contributed by atoms with van der Waals surface area (Å²) in [5.74, 6) is -2.75. The maximum Gasteiger partial charge on any atom is 0.368 e. The maximum atomic E-state index is 14.5. The molecule has 1 aromatic carbocycles. The number of amides is 2. The number of nitrogens with two attached hydrogens (primary N) is 1. The van der Waals surface area contributed by atoms with Gasteiger partial charge in [-0.15, -0.1) is 0 Å². The Morgan fingerprint density at radius 3 is 2.67 bits per heavy atom. The molecule has 2 saturated heterocycles. The Kier molecular flexibility index (Phi) is 5.58. The number of thioether (sulfide) groups is 1. The van der Waals surface area contributed by atoms with Gasteiger partial charge in [-0.1, -0.05) is 18.2 Å². The summed E-state index contributed by atoms with van der Waals surface area (Å²) in [5, 5.41) is 1.71. The van der Waals surface area contributed by atoms with Crippen LogP contribution in [0.3, 0.4) is 0 Å². The fourth-order valence-electron chi connectivity index (χ4n) is 4.37. The highest BCUT2D eigenvalue weighted by molar-refractivity contribution is 7.98. The molecular formula is C19H24FN2O4S+. The van der Waals surface area contributed by atoms with Crippen molar-refractivity contribution in [1.82, 2.24) is 4.90 Å². The van der Waals surface area contributed by atoms with Crippen molar-refractivity contribution < 1.29 is 28.8 Å². The molecule has 0 aliphatic carbocycles. The zero-order chi connectivity index (χ0) is 19.8. The van der Waals surface area contributed by atoms with Gasteiger partial charge in [-0.05, 0) is 25.0 Å². The Hall–Kier alpha value is -1.93. The van der Waals surface area contributed by atoms with Gasteiger partial charge in [0.25, 0.3) is 0 Å². The van der Waals surface area contributed by atoms with Crippen LogP contribution in [-0.4, -0.2) is 53.9 Å². The van der Waals surface area contributed by atoms with Crippen LogP contribution in [0.25, 0.3) is 0 Å². The van der Waals surface area contributed by atoms with E-state index in [0.717, 1.165) is 4.90 Å². The minimum Gasteiger partial charge on any atom is -0.461 e. The summed E-state index contributed by atoms with van der Waals surface area (Å²) in [4.78, 5) is 39.8. The summed E-state index contributed by atoms with van der Waals surface area (Å²) in [5.41, 5.74) is -0.895. The van der Waals surface area contributed by atoms with E-state index >= 15 is 0 Å². The van der Waals surface area contributed by atoms with Gasteiger partial charge in [-0.25, -0.2) is 9.18 Å². The number of likely N-dealkylation sites (tertiary alicyclic amines) is 1. The average molecular weight is 395 g/mol. The molecular weight excluding hydrogens is 371 g/mol. The molecule has 2 N–H and O–H groups in total. The van der Waals surface area contributed by atoms with Gasteiger partial charge in [-0.3, -0.25) is 14.5 Å². The third-order valence-corrected chi connectivity index (χ3v) is 6.24. The number of esters is 1. The molecule has 2 fully saturated rings. The van der Waals surface area contributed by atoms with Gasteiger partial charge in [0.1, 0.15) is 23.7 Å². The number of ether oxygens (including phenoxy) is 1. The quantitative estimate of drug-likeness (QED) is 0.567. The average Bonchev–Trinajstić information content (AvgIpc) is 3.11. The van der Waals surface area contributed by atoms with Crippen molar-refractivity contribution in [3.8, 4) is 0 Å². The molecule has 2 aliphatic heterocycles. The van der Waals surface area contributed by atoms with Gasteiger partial charge in [0, 0.05) is 19.0 Å². The molecule has 0 aromatic heterocycles. The van der Waals surface area contributed by atoms with E-state index < -0.39 is 41.1 Å². The summed E-state index contributed by atoms with van der Waals surface area (Å²) in [6.45, 7) is 1.88. The lowest BCUT2D eigenvalue weighted by Crippen LogP contribution is -2.98. The van der Waals surface area contributed by atoms with E-state index in [1.54, 1.807) is 42.2 Å². The summed E-state index contributed by atoms with van der Waals surface area (Å²) < 4.78 is 19.8. The molecule has 2 aliphatic rings. The SMILES string of the molecule is CCOC(=O)[C@@]1(CCSC)[NH2+][C@@H](c2ccccc2F)[C@H]2C(=O)N(C)C(=O)[C@@H]21. The number of benzene rings is 1. The lowest BCUT2D eigenvalue weighted by atomic mass is 9.77. The number of rotatable bonds is 6. The van der Waals surface area contributed by atoms with Gasteiger partial charge in [0.15, 0.2) is 0 Å². The smallest absolute Gasteiger partial charge is 0.368 e. The van der Waals surface area contributed by atoms with Crippen molar-refractivity contribution in [2.75, 3.05) is 25.7 Å². The monoisotopic (exact) mass is 395 g/mol. The Bertz CT molecular complexity index is 774. The number of fused-ring (bicyclic) bond motifs is 1. The van der Waals surface area contributed by atoms with Crippen molar-refractivity contribution in [2.45, 2.75) is 24.9 Å². The predicted molar refractivity (Wildman–Crippen MR) is 98.2 cm³/mol. The van der Waals surface area contributed by atoms with Crippen LogP contribution < -0.4 is 5.32 Å². The van der Waals surface area contributed by atoms with E-state index in [9.17, 15) is 18.8 Å². The first-order valence-corrected chi connectivity index (χ1v) is 10.4. The zero-order valence-corrected chi connectivity index (χ0v) is 16.4. The molecule has 27 heavy (non-hydrogen) atoms. The zero-order valence-electron chi connectivity index (χ0n) is 15.6. The standard InChI is InChI=1S/C19H23FN2O4S/c1-4-26-18(25)19(9-10-27-3)14-13(16(23)22(2)17(14)24)15(21-19)11-7-5-6-8-12(11)20/h5-8,13-15,21H,4,9-10H2,1-3H3/p+1/t13-,14+,15-,19-/m0/s1. The molecule has 4 atom stereocenters. The maximum absolute atomic E-state index is 14.5. The van der Waals surface area contributed by atoms with Crippen LogP contribution in [-0.2, 0) is 19.1 Å². The number of imide groups is 1. The molecule has 2 amide bonds. The van der Waals surface area contributed by atoms with E-state index in [1.165, 1.54) is 13.1 Å². The highest BCUT2D eigenvalue weighted by atomic mass is 32.2. The van der Waals surface area contributed by atoms with Gasteiger partial charge in [0.05, 0.1) is 6.61 Å². The number of hydrogen-bond donors (Lipinski definition) is 1. The fourth-order valence-corrected chi connectivity index (χ4v) is 4.91. The number of carbonyl (C=O) groups excluding carboxylic acids is 3. The molecule has 0 unspecified atom stereocenters. The third-order valence-electron chi connectivity index (χ3n) is 5.63. The van der Waals surface area contributed by atoms with Crippen molar-refractivity contribution in [3.63, 3.8) is 0 Å². The third kappa shape index (κ3) is 3.04. The van der Waals surface area contributed by atoms with E-state index in [4.69, 9.17) is 4.74 Å². The largest absolute Gasteiger partial charge is 0.461 e. The van der Waals surface area contributed by atoms with Crippen molar-refractivity contribution in [2.24, 2.45) is 11.8 Å².